The largest absolute Gasteiger partial charge is 0.469 e. The van der Waals surface area contributed by atoms with E-state index in [1.165, 1.54) is 25.1 Å². The molecule has 0 fully saturated rings. The monoisotopic (exact) mass is 598 g/mol. The Morgan fingerprint density at radius 3 is 1.81 bits per heavy atom. The van der Waals surface area contributed by atoms with Crippen LogP contribution in [0.2, 0.25) is 0 Å². The average molecular weight is 598 g/mol. The molecule has 0 aliphatic rings. The lowest BCUT2D eigenvalue weighted by molar-refractivity contribution is -0.142. The molecule has 0 aliphatic carbocycles. The van der Waals surface area contributed by atoms with Crippen LogP contribution in [-0.4, -0.2) is 6.61 Å². The molecule has 0 aliphatic heterocycles. The maximum Gasteiger partial charge on any atom is 0.422 e. The van der Waals surface area contributed by atoms with Gasteiger partial charge >= 0.3 is 12.2 Å². The third-order valence-electron chi connectivity index (χ3n) is 6.38. The van der Waals surface area contributed by atoms with Gasteiger partial charge in [-0.2, -0.15) is 22.0 Å². The van der Waals surface area contributed by atoms with Crippen LogP contribution in [0.25, 0.3) is 28.1 Å². The number of hydrogen-bond acceptors (Lipinski definition) is 1. The first-order valence-electron chi connectivity index (χ1n) is 12.4. The van der Waals surface area contributed by atoms with E-state index in [0.717, 1.165) is 36.4 Å². The van der Waals surface area contributed by atoms with E-state index < -0.39 is 63.8 Å². The van der Waals surface area contributed by atoms with Crippen LogP contribution in [0.5, 0.6) is 0 Å². The highest BCUT2D eigenvalue weighted by Crippen LogP contribution is 2.36. The van der Waals surface area contributed by atoms with Crippen LogP contribution in [-0.2, 0) is 23.8 Å². The third kappa shape index (κ3) is 6.61. The molecule has 0 saturated carbocycles. The average Bonchev–Trinajstić information content (AvgIpc) is 2.90. The highest BCUT2D eigenvalue weighted by molar-refractivity contribution is 5.69. The lowest BCUT2D eigenvalue weighted by Crippen LogP contribution is -2.11. The van der Waals surface area contributed by atoms with Crippen LogP contribution in [0.1, 0.15) is 29.2 Å². The van der Waals surface area contributed by atoms with Crippen molar-refractivity contribution in [1.82, 2.24) is 0 Å². The summed E-state index contributed by atoms with van der Waals surface area (Å²) >= 11 is 0. The van der Waals surface area contributed by atoms with Gasteiger partial charge in [-0.05, 0) is 72.4 Å². The summed E-state index contributed by atoms with van der Waals surface area (Å²) in [5.41, 5.74) is -2.61. The van der Waals surface area contributed by atoms with Crippen LogP contribution in [0, 0.1) is 29.1 Å². The van der Waals surface area contributed by atoms with E-state index in [9.17, 15) is 43.9 Å². The minimum Gasteiger partial charge on any atom is -0.469 e. The predicted octanol–water partition coefficient (Wildman–Crippen LogP) is 10.1. The first-order chi connectivity index (χ1) is 19.8. The number of hydrogen-bond donors (Lipinski definition) is 0. The van der Waals surface area contributed by atoms with Gasteiger partial charge in [-0.3, -0.25) is 0 Å². The molecule has 0 radical (unpaired) electrons. The van der Waals surface area contributed by atoms with Gasteiger partial charge in [0.2, 0.25) is 5.83 Å². The molecule has 0 heterocycles. The van der Waals surface area contributed by atoms with Crippen molar-refractivity contribution in [2.45, 2.75) is 25.9 Å². The molecule has 1 nitrogen and oxygen atoms in total. The number of halogens is 10. The Bertz CT molecular complexity index is 1630. The van der Waals surface area contributed by atoms with Gasteiger partial charge in [0.05, 0.1) is 6.61 Å². The third-order valence-corrected chi connectivity index (χ3v) is 6.38. The maximum atomic E-state index is 14.8. The number of rotatable bonds is 8. The Kier molecular flexibility index (Phi) is 8.98. The zero-order valence-corrected chi connectivity index (χ0v) is 21.7. The van der Waals surface area contributed by atoms with Crippen molar-refractivity contribution in [2.75, 3.05) is 6.61 Å². The van der Waals surface area contributed by atoms with E-state index in [1.807, 2.05) is 0 Å². The maximum absolute atomic E-state index is 14.8. The van der Waals surface area contributed by atoms with Crippen molar-refractivity contribution in [3.8, 4) is 22.3 Å². The predicted molar refractivity (Wildman–Crippen MR) is 137 cm³/mol. The summed E-state index contributed by atoms with van der Waals surface area (Å²) in [5, 5.41) is 0. The van der Waals surface area contributed by atoms with E-state index in [-0.39, 0.29) is 41.7 Å². The molecule has 11 heteroatoms. The van der Waals surface area contributed by atoms with E-state index in [4.69, 9.17) is 0 Å². The van der Waals surface area contributed by atoms with E-state index >= 15 is 0 Å². The summed E-state index contributed by atoms with van der Waals surface area (Å²) < 4.78 is 143. The molecule has 0 N–H and O–H groups in total. The van der Waals surface area contributed by atoms with Crippen LogP contribution in [0.4, 0.5) is 43.9 Å². The molecule has 0 saturated heterocycles. The SMILES string of the molecule is CCOC(F)=C(F)c1ccc(-c2ccc(CCc3ccc(-c4cc(F)c(C(F)(F)F)c(F)c4)c(F)c3)c(F)c2)c(F)c1. The summed E-state index contributed by atoms with van der Waals surface area (Å²) in [4.78, 5) is 0. The zero-order valence-electron chi connectivity index (χ0n) is 21.7. The summed E-state index contributed by atoms with van der Waals surface area (Å²) in [6, 6.07) is 9.73. The fraction of sp³-hybridized carbons (Fsp3) is 0.161. The van der Waals surface area contributed by atoms with Gasteiger partial charge in [-0.25, -0.2) is 22.0 Å². The Labute approximate surface area is 233 Å². The molecule has 42 heavy (non-hydrogen) atoms. The second kappa shape index (κ2) is 12.3. The summed E-state index contributed by atoms with van der Waals surface area (Å²) in [6.07, 6.45) is -5.07. The quantitative estimate of drug-likeness (QED) is 0.145. The second-order valence-electron chi connectivity index (χ2n) is 9.15. The fourth-order valence-electron chi connectivity index (χ4n) is 4.33. The van der Waals surface area contributed by atoms with Gasteiger partial charge in [0.15, 0.2) is 0 Å². The van der Waals surface area contributed by atoms with E-state index in [1.54, 1.807) is 0 Å². The molecule has 4 rings (SSSR count). The lowest BCUT2D eigenvalue weighted by Gasteiger charge is -2.12. The van der Waals surface area contributed by atoms with Gasteiger partial charge in [-0.1, -0.05) is 36.4 Å². The minimum absolute atomic E-state index is 0.0670. The molecule has 0 amide bonds. The Balaban J connectivity index is 1.49. The zero-order chi connectivity index (χ0) is 30.8. The van der Waals surface area contributed by atoms with Gasteiger partial charge < -0.3 is 4.74 Å². The molecular weight excluding hydrogens is 578 g/mol. The van der Waals surface area contributed by atoms with Gasteiger partial charge in [0.1, 0.15) is 34.6 Å². The minimum atomic E-state index is -5.26. The molecule has 4 aromatic carbocycles. The van der Waals surface area contributed by atoms with Crippen molar-refractivity contribution in [3.05, 3.63) is 124 Å². The highest BCUT2D eigenvalue weighted by Gasteiger charge is 2.38. The number of benzene rings is 4. The van der Waals surface area contributed by atoms with Gasteiger partial charge in [0.25, 0.3) is 0 Å². The Morgan fingerprint density at radius 2 is 1.24 bits per heavy atom. The lowest BCUT2D eigenvalue weighted by atomic mass is 9.97. The molecule has 0 unspecified atom stereocenters. The molecule has 0 bridgehead atoms. The molecule has 220 valence electrons. The topological polar surface area (TPSA) is 9.23 Å². The van der Waals surface area contributed by atoms with E-state index in [0.29, 0.717) is 17.7 Å². The number of ether oxygens (including phenoxy) is 1. The molecule has 0 spiro atoms. The summed E-state index contributed by atoms with van der Waals surface area (Å²) in [5.74, 6) is -7.73. The van der Waals surface area contributed by atoms with Crippen LogP contribution in [0.3, 0.4) is 0 Å². The fourth-order valence-corrected chi connectivity index (χ4v) is 4.33. The van der Waals surface area contributed by atoms with Crippen molar-refractivity contribution in [2.24, 2.45) is 0 Å². The second-order valence-corrected chi connectivity index (χ2v) is 9.15. The summed E-state index contributed by atoms with van der Waals surface area (Å²) in [6.45, 7) is 1.32. The van der Waals surface area contributed by atoms with Gasteiger partial charge in [0, 0.05) is 16.7 Å². The van der Waals surface area contributed by atoms with Crippen LogP contribution in [0.15, 0.2) is 72.7 Å². The molecular formula is C31H20F10O. The first kappa shape index (κ1) is 30.7. The Morgan fingerprint density at radius 1 is 0.643 bits per heavy atom. The van der Waals surface area contributed by atoms with Crippen molar-refractivity contribution in [3.63, 3.8) is 0 Å². The van der Waals surface area contributed by atoms with E-state index in [2.05, 4.69) is 4.74 Å². The van der Waals surface area contributed by atoms with Crippen molar-refractivity contribution in [1.29, 1.82) is 0 Å². The normalized spacial score (nSPS) is 12.4. The van der Waals surface area contributed by atoms with Crippen LogP contribution >= 0.6 is 0 Å². The molecule has 0 atom stereocenters. The first-order valence-corrected chi connectivity index (χ1v) is 12.4. The highest BCUT2D eigenvalue weighted by atomic mass is 19.4. The van der Waals surface area contributed by atoms with Crippen molar-refractivity contribution >= 4 is 5.83 Å². The number of alkyl halides is 3. The number of aryl methyl sites for hydroxylation is 2. The standard InChI is InChI=1S/C31H20F10O/c1-2-42-30(38)29(37)19-8-10-21(25(34)13-19)18-7-6-17(23(32)12-18)5-3-16-4-9-22(24(33)11-16)20-14-26(35)28(27(36)15-20)31(39,40)41/h4,6-15H,2-3,5H2,1H3. The summed E-state index contributed by atoms with van der Waals surface area (Å²) in [7, 11) is 0. The Hall–Kier alpha value is -4.28. The van der Waals surface area contributed by atoms with Crippen LogP contribution < -0.4 is 0 Å². The molecule has 4 aromatic rings. The van der Waals surface area contributed by atoms with Crippen molar-refractivity contribution < 1.29 is 48.6 Å². The molecule has 0 aromatic heterocycles. The smallest absolute Gasteiger partial charge is 0.422 e. The van der Waals surface area contributed by atoms with Gasteiger partial charge in [-0.15, -0.1) is 0 Å².